The van der Waals surface area contributed by atoms with Gasteiger partial charge in [0.15, 0.2) is 0 Å². The molecule has 1 aromatic carbocycles. The van der Waals surface area contributed by atoms with Gasteiger partial charge in [0.1, 0.15) is 5.69 Å². The highest BCUT2D eigenvalue weighted by atomic mass is 16.6. The highest BCUT2D eigenvalue weighted by Crippen LogP contribution is 2.23. The number of anilines is 1. The molecule has 1 heterocycles. The minimum absolute atomic E-state index is 0.0844. The monoisotopic (exact) mass is 264 g/mol. The molecule has 1 fully saturated rings. The third-order valence-corrected chi connectivity index (χ3v) is 3.23. The van der Waals surface area contributed by atoms with E-state index in [1.165, 1.54) is 6.07 Å². The fraction of sp³-hybridized carbons (Fsp3) is 0.417. The number of nitrogen functional groups attached to an aromatic ring is 1. The number of carbonyl (C=O) groups is 1. The Morgan fingerprint density at radius 3 is 2.74 bits per heavy atom. The number of likely N-dealkylation sites (N-methyl/N-ethyl adjacent to an activating group) is 1. The van der Waals surface area contributed by atoms with Crippen molar-refractivity contribution in [2.45, 2.75) is 6.54 Å². The van der Waals surface area contributed by atoms with Gasteiger partial charge in [-0.1, -0.05) is 6.07 Å². The molecule has 7 nitrogen and oxygen atoms in total. The zero-order chi connectivity index (χ0) is 14.0. The number of nitrogens with zero attached hydrogens (tertiary/aromatic N) is 3. The van der Waals surface area contributed by atoms with Crippen LogP contribution in [0.1, 0.15) is 5.56 Å². The average molecular weight is 264 g/mol. The fourth-order valence-corrected chi connectivity index (χ4v) is 2.07. The van der Waals surface area contributed by atoms with Crippen molar-refractivity contribution in [3.05, 3.63) is 33.9 Å². The SMILES string of the molecule is CN1CCN(Cc2ccc([N+](=O)[O-])c(N)c2)CC1=O. The van der Waals surface area contributed by atoms with Crippen molar-refractivity contribution in [3.63, 3.8) is 0 Å². The van der Waals surface area contributed by atoms with E-state index in [4.69, 9.17) is 5.73 Å². The van der Waals surface area contributed by atoms with Gasteiger partial charge in [-0.25, -0.2) is 0 Å². The van der Waals surface area contributed by atoms with E-state index >= 15 is 0 Å². The Kier molecular flexibility index (Phi) is 3.66. The Morgan fingerprint density at radius 2 is 2.16 bits per heavy atom. The number of nitrogens with two attached hydrogens (primary N) is 1. The summed E-state index contributed by atoms with van der Waals surface area (Å²) >= 11 is 0. The first-order valence-corrected chi connectivity index (χ1v) is 5.96. The van der Waals surface area contributed by atoms with E-state index in [-0.39, 0.29) is 17.3 Å². The van der Waals surface area contributed by atoms with Crippen molar-refractivity contribution in [1.82, 2.24) is 9.80 Å². The second kappa shape index (κ2) is 5.23. The maximum absolute atomic E-state index is 11.6. The summed E-state index contributed by atoms with van der Waals surface area (Å²) in [6.07, 6.45) is 0. The lowest BCUT2D eigenvalue weighted by Crippen LogP contribution is -2.47. The van der Waals surface area contributed by atoms with Crippen LogP contribution >= 0.6 is 0 Å². The molecule has 1 saturated heterocycles. The molecule has 0 aliphatic carbocycles. The molecular weight excluding hydrogens is 248 g/mol. The summed E-state index contributed by atoms with van der Waals surface area (Å²) in [7, 11) is 1.78. The maximum Gasteiger partial charge on any atom is 0.292 e. The lowest BCUT2D eigenvalue weighted by molar-refractivity contribution is -0.383. The van der Waals surface area contributed by atoms with Crippen molar-refractivity contribution in [1.29, 1.82) is 0 Å². The van der Waals surface area contributed by atoms with Crippen molar-refractivity contribution in [3.8, 4) is 0 Å². The number of nitro groups is 1. The first-order chi connectivity index (χ1) is 8.97. The molecule has 0 saturated carbocycles. The highest BCUT2D eigenvalue weighted by Gasteiger charge is 2.21. The highest BCUT2D eigenvalue weighted by molar-refractivity contribution is 5.78. The Balaban J connectivity index is 2.06. The zero-order valence-corrected chi connectivity index (χ0v) is 10.7. The van der Waals surface area contributed by atoms with Gasteiger partial charge in [0, 0.05) is 32.7 Å². The smallest absolute Gasteiger partial charge is 0.292 e. The summed E-state index contributed by atoms with van der Waals surface area (Å²) in [5.74, 6) is 0.0844. The third-order valence-electron chi connectivity index (χ3n) is 3.23. The molecule has 19 heavy (non-hydrogen) atoms. The van der Waals surface area contributed by atoms with Gasteiger partial charge in [0.05, 0.1) is 11.5 Å². The molecule has 102 valence electrons. The molecular formula is C12H16N4O3. The van der Waals surface area contributed by atoms with E-state index in [1.54, 1.807) is 24.1 Å². The minimum Gasteiger partial charge on any atom is -0.393 e. The van der Waals surface area contributed by atoms with Crippen LogP contribution in [0.25, 0.3) is 0 Å². The Labute approximate surface area is 110 Å². The molecule has 0 radical (unpaired) electrons. The van der Waals surface area contributed by atoms with Crippen molar-refractivity contribution < 1.29 is 9.72 Å². The number of hydrogen-bond donors (Lipinski definition) is 1. The molecule has 2 rings (SSSR count). The molecule has 1 aliphatic heterocycles. The van der Waals surface area contributed by atoms with Gasteiger partial charge in [0.2, 0.25) is 5.91 Å². The number of hydrogen-bond acceptors (Lipinski definition) is 5. The van der Waals surface area contributed by atoms with E-state index in [2.05, 4.69) is 0 Å². The zero-order valence-electron chi connectivity index (χ0n) is 10.7. The van der Waals surface area contributed by atoms with Crippen molar-refractivity contribution in [2.75, 3.05) is 32.4 Å². The lowest BCUT2D eigenvalue weighted by atomic mass is 10.1. The summed E-state index contributed by atoms with van der Waals surface area (Å²) in [6.45, 7) is 2.43. The van der Waals surface area contributed by atoms with Crippen LogP contribution < -0.4 is 5.73 Å². The molecule has 0 aromatic heterocycles. The van der Waals surface area contributed by atoms with E-state index in [0.29, 0.717) is 19.6 Å². The maximum atomic E-state index is 11.6. The van der Waals surface area contributed by atoms with Crippen LogP contribution in [0.15, 0.2) is 18.2 Å². The molecule has 0 spiro atoms. The van der Waals surface area contributed by atoms with Gasteiger partial charge in [-0.15, -0.1) is 0 Å². The quantitative estimate of drug-likeness (QED) is 0.486. The van der Waals surface area contributed by atoms with Crippen LogP contribution in [0.5, 0.6) is 0 Å². The third kappa shape index (κ3) is 3.00. The average Bonchev–Trinajstić information content (AvgIpc) is 2.33. The normalized spacial score (nSPS) is 16.7. The van der Waals surface area contributed by atoms with Gasteiger partial charge < -0.3 is 10.6 Å². The first kappa shape index (κ1) is 13.3. The Bertz CT molecular complexity index is 518. The molecule has 1 aromatic rings. The van der Waals surface area contributed by atoms with Crippen LogP contribution in [0, 0.1) is 10.1 Å². The van der Waals surface area contributed by atoms with Crippen LogP contribution in [-0.2, 0) is 11.3 Å². The number of rotatable bonds is 3. The molecule has 0 unspecified atom stereocenters. The van der Waals surface area contributed by atoms with Gasteiger partial charge in [-0.05, 0) is 11.6 Å². The predicted molar refractivity (Wildman–Crippen MR) is 70.4 cm³/mol. The summed E-state index contributed by atoms with van der Waals surface area (Å²) in [5.41, 5.74) is 6.59. The summed E-state index contributed by atoms with van der Waals surface area (Å²) in [6, 6.07) is 4.68. The number of carbonyl (C=O) groups excluding carboxylic acids is 1. The minimum atomic E-state index is -0.501. The predicted octanol–water partition coefficient (Wildman–Crippen LogP) is 0.451. The molecule has 1 amide bonds. The molecule has 0 atom stereocenters. The standard InChI is InChI=1S/C12H16N4O3/c1-14-4-5-15(8-12(14)17)7-9-2-3-11(16(18)19)10(13)6-9/h2-3,6H,4-5,7-8,13H2,1H3. The van der Waals surface area contributed by atoms with E-state index in [1.807, 2.05) is 4.90 Å². The van der Waals surface area contributed by atoms with Crippen molar-refractivity contribution >= 4 is 17.3 Å². The molecule has 0 bridgehead atoms. The van der Waals surface area contributed by atoms with E-state index < -0.39 is 4.92 Å². The van der Waals surface area contributed by atoms with Crippen LogP contribution in [0.3, 0.4) is 0 Å². The van der Waals surface area contributed by atoms with Crippen molar-refractivity contribution in [2.24, 2.45) is 0 Å². The lowest BCUT2D eigenvalue weighted by Gasteiger charge is -2.31. The van der Waals surface area contributed by atoms with Gasteiger partial charge in [0.25, 0.3) is 5.69 Å². The first-order valence-electron chi connectivity index (χ1n) is 5.96. The number of benzene rings is 1. The molecule has 2 N–H and O–H groups in total. The van der Waals surface area contributed by atoms with Crippen LogP contribution in [0.2, 0.25) is 0 Å². The summed E-state index contributed by atoms with van der Waals surface area (Å²) in [4.78, 5) is 25.4. The van der Waals surface area contributed by atoms with Gasteiger partial charge in [-0.3, -0.25) is 19.8 Å². The summed E-state index contributed by atoms with van der Waals surface area (Å²) < 4.78 is 0. The van der Waals surface area contributed by atoms with Crippen LogP contribution in [-0.4, -0.2) is 47.3 Å². The Hall–Kier alpha value is -2.15. The number of nitro benzene ring substituents is 1. The molecule has 1 aliphatic rings. The van der Waals surface area contributed by atoms with Gasteiger partial charge >= 0.3 is 0 Å². The topological polar surface area (TPSA) is 92.7 Å². The second-order valence-corrected chi connectivity index (χ2v) is 4.68. The van der Waals surface area contributed by atoms with E-state index in [9.17, 15) is 14.9 Å². The number of piperazine rings is 1. The van der Waals surface area contributed by atoms with E-state index in [0.717, 1.165) is 12.1 Å². The second-order valence-electron chi connectivity index (χ2n) is 4.68. The molecule has 7 heteroatoms. The summed E-state index contributed by atoms with van der Waals surface area (Å²) in [5, 5.41) is 10.7. The van der Waals surface area contributed by atoms with Gasteiger partial charge in [-0.2, -0.15) is 0 Å². The Morgan fingerprint density at radius 1 is 1.42 bits per heavy atom. The largest absolute Gasteiger partial charge is 0.393 e. The fourth-order valence-electron chi connectivity index (χ4n) is 2.07. The van der Waals surface area contributed by atoms with Crippen LogP contribution in [0.4, 0.5) is 11.4 Å². The number of amides is 1.